The average molecular weight is 327 g/mol. The smallest absolute Gasteiger partial charge is 0.230 e. The zero-order chi connectivity index (χ0) is 16.4. The van der Waals surface area contributed by atoms with E-state index in [1.807, 2.05) is 31.9 Å². The summed E-state index contributed by atoms with van der Waals surface area (Å²) >= 11 is 1.83. The second-order valence-corrected chi connectivity index (χ2v) is 7.05. The van der Waals surface area contributed by atoms with E-state index in [4.69, 9.17) is 0 Å². The Morgan fingerprint density at radius 2 is 2.05 bits per heavy atom. The molecule has 0 aromatic heterocycles. The molecule has 0 aromatic rings. The maximum Gasteiger partial charge on any atom is 0.230 e. The molecular formula is C16H30N4OS. The Bertz CT molecular complexity index is 390. The summed E-state index contributed by atoms with van der Waals surface area (Å²) in [5.74, 6) is 2.98. The average Bonchev–Trinajstić information content (AvgIpc) is 2.99. The van der Waals surface area contributed by atoms with Crippen LogP contribution in [0.25, 0.3) is 0 Å². The molecule has 0 bridgehead atoms. The summed E-state index contributed by atoms with van der Waals surface area (Å²) in [6, 6.07) is 0. The molecule has 0 spiro atoms. The van der Waals surface area contributed by atoms with Gasteiger partial charge in [-0.05, 0) is 12.8 Å². The van der Waals surface area contributed by atoms with Crippen LogP contribution < -0.4 is 10.6 Å². The first-order valence-electron chi connectivity index (χ1n) is 7.90. The quantitative estimate of drug-likeness (QED) is 0.309. The van der Waals surface area contributed by atoms with Gasteiger partial charge in [0.15, 0.2) is 5.96 Å². The normalized spacial score (nSPS) is 17.1. The minimum atomic E-state index is -0.265. The van der Waals surface area contributed by atoms with Gasteiger partial charge >= 0.3 is 0 Å². The van der Waals surface area contributed by atoms with E-state index in [2.05, 4.69) is 22.2 Å². The molecule has 0 unspecified atom stereocenters. The van der Waals surface area contributed by atoms with Crippen LogP contribution in [-0.2, 0) is 4.79 Å². The zero-order valence-corrected chi connectivity index (χ0v) is 15.0. The lowest BCUT2D eigenvalue weighted by Crippen LogP contribution is -2.49. The van der Waals surface area contributed by atoms with Crippen LogP contribution in [0, 0.1) is 5.41 Å². The number of rotatable bonds is 8. The highest BCUT2D eigenvalue weighted by Gasteiger charge is 2.42. The summed E-state index contributed by atoms with van der Waals surface area (Å²) in [4.78, 5) is 18.5. The highest BCUT2D eigenvalue weighted by atomic mass is 32.2. The lowest BCUT2D eigenvalue weighted by molar-refractivity contribution is -0.138. The van der Waals surface area contributed by atoms with Gasteiger partial charge in [0.05, 0.1) is 5.41 Å². The Kier molecular flexibility index (Phi) is 8.38. The molecule has 1 amide bonds. The number of nitrogens with zero attached hydrogens (tertiary/aromatic N) is 2. The Hall–Kier alpha value is -1.17. The predicted octanol–water partition coefficient (Wildman–Crippen LogP) is 1.72. The van der Waals surface area contributed by atoms with Crippen LogP contribution in [0.5, 0.6) is 0 Å². The zero-order valence-electron chi connectivity index (χ0n) is 14.2. The minimum Gasteiger partial charge on any atom is -0.356 e. The number of guanidine groups is 1. The van der Waals surface area contributed by atoms with E-state index in [-0.39, 0.29) is 11.3 Å². The molecule has 22 heavy (non-hydrogen) atoms. The van der Waals surface area contributed by atoms with Crippen molar-refractivity contribution in [2.45, 2.75) is 25.7 Å². The van der Waals surface area contributed by atoms with Crippen molar-refractivity contribution in [3.05, 3.63) is 12.7 Å². The van der Waals surface area contributed by atoms with Crippen LogP contribution >= 0.6 is 11.8 Å². The first-order chi connectivity index (χ1) is 10.6. The Morgan fingerprint density at radius 3 is 2.59 bits per heavy atom. The van der Waals surface area contributed by atoms with Crippen LogP contribution in [0.4, 0.5) is 0 Å². The van der Waals surface area contributed by atoms with Gasteiger partial charge in [0.1, 0.15) is 0 Å². The lowest BCUT2D eigenvalue weighted by Gasteiger charge is -2.31. The number of carbonyl (C=O) groups excluding carboxylic acids is 1. The largest absolute Gasteiger partial charge is 0.356 e. The van der Waals surface area contributed by atoms with Gasteiger partial charge in [0, 0.05) is 45.7 Å². The fourth-order valence-corrected chi connectivity index (χ4v) is 3.45. The van der Waals surface area contributed by atoms with Gasteiger partial charge in [-0.2, -0.15) is 11.8 Å². The molecule has 1 aliphatic carbocycles. The fourth-order valence-electron chi connectivity index (χ4n) is 2.87. The van der Waals surface area contributed by atoms with E-state index in [0.29, 0.717) is 6.54 Å². The van der Waals surface area contributed by atoms with Crippen LogP contribution in [0.2, 0.25) is 0 Å². The van der Waals surface area contributed by atoms with Crippen molar-refractivity contribution in [3.8, 4) is 0 Å². The van der Waals surface area contributed by atoms with Gasteiger partial charge in [0.2, 0.25) is 5.91 Å². The van der Waals surface area contributed by atoms with Crippen LogP contribution in [-0.4, -0.2) is 62.5 Å². The van der Waals surface area contributed by atoms with Crippen molar-refractivity contribution >= 4 is 23.6 Å². The maximum absolute atomic E-state index is 12.5. The van der Waals surface area contributed by atoms with E-state index in [9.17, 15) is 4.79 Å². The number of thioether (sulfide) groups is 1. The summed E-state index contributed by atoms with van der Waals surface area (Å²) < 4.78 is 0. The molecule has 1 aliphatic rings. The molecule has 0 aromatic carbocycles. The van der Waals surface area contributed by atoms with Gasteiger partial charge < -0.3 is 15.5 Å². The number of hydrogen-bond donors (Lipinski definition) is 2. The van der Waals surface area contributed by atoms with E-state index < -0.39 is 0 Å². The summed E-state index contributed by atoms with van der Waals surface area (Å²) in [5, 5.41) is 6.64. The van der Waals surface area contributed by atoms with Gasteiger partial charge in [0.25, 0.3) is 0 Å². The third kappa shape index (κ3) is 5.55. The first-order valence-corrected chi connectivity index (χ1v) is 9.06. The molecular weight excluding hydrogens is 296 g/mol. The molecule has 5 nitrogen and oxygen atoms in total. The Labute approximate surface area is 139 Å². The monoisotopic (exact) mass is 326 g/mol. The van der Waals surface area contributed by atoms with Crippen LogP contribution in [0.3, 0.4) is 0 Å². The lowest BCUT2D eigenvalue weighted by atomic mass is 9.84. The van der Waals surface area contributed by atoms with Crippen molar-refractivity contribution in [1.29, 1.82) is 0 Å². The van der Waals surface area contributed by atoms with E-state index in [1.54, 1.807) is 11.9 Å². The standard InChI is InChI=1S/C16H30N4OS/c1-5-11-22-12-10-18-15(17-2)19-13-16(8-6-7-9-16)14(21)20(3)4/h5H,1,6-13H2,2-4H3,(H2,17,18,19). The van der Waals surface area contributed by atoms with Crippen molar-refractivity contribution in [3.63, 3.8) is 0 Å². The summed E-state index contributed by atoms with van der Waals surface area (Å²) in [6.45, 7) is 5.22. The van der Waals surface area contributed by atoms with Gasteiger partial charge in [-0.15, -0.1) is 6.58 Å². The third-order valence-corrected chi connectivity index (χ3v) is 4.98. The third-order valence-electron chi connectivity index (χ3n) is 4.01. The fraction of sp³-hybridized carbons (Fsp3) is 0.750. The molecule has 1 rings (SSSR count). The molecule has 1 fully saturated rings. The second kappa shape index (κ2) is 9.77. The molecule has 6 heteroatoms. The molecule has 2 N–H and O–H groups in total. The molecule has 126 valence electrons. The second-order valence-electron chi connectivity index (χ2n) is 5.90. The van der Waals surface area contributed by atoms with Crippen molar-refractivity contribution < 1.29 is 4.79 Å². The van der Waals surface area contributed by atoms with Gasteiger partial charge in [-0.25, -0.2) is 0 Å². The van der Waals surface area contributed by atoms with Crippen molar-refractivity contribution in [2.24, 2.45) is 10.4 Å². The SMILES string of the molecule is C=CCSCCNC(=NC)NCC1(C(=O)N(C)C)CCCC1. The Balaban J connectivity index is 2.46. The highest BCUT2D eigenvalue weighted by Crippen LogP contribution is 2.38. The Morgan fingerprint density at radius 1 is 1.36 bits per heavy atom. The summed E-state index contributed by atoms with van der Waals surface area (Å²) in [5.41, 5.74) is -0.265. The molecule has 0 heterocycles. The van der Waals surface area contributed by atoms with Crippen molar-refractivity contribution in [1.82, 2.24) is 15.5 Å². The molecule has 0 saturated heterocycles. The predicted molar refractivity (Wildman–Crippen MR) is 96.5 cm³/mol. The van der Waals surface area contributed by atoms with E-state index in [1.165, 1.54) is 0 Å². The number of amides is 1. The van der Waals surface area contributed by atoms with Crippen LogP contribution in [0.15, 0.2) is 17.6 Å². The van der Waals surface area contributed by atoms with Crippen LogP contribution in [0.1, 0.15) is 25.7 Å². The van der Waals surface area contributed by atoms with Crippen molar-refractivity contribution in [2.75, 3.05) is 45.7 Å². The topological polar surface area (TPSA) is 56.7 Å². The summed E-state index contributed by atoms with van der Waals surface area (Å²) in [6.07, 6.45) is 6.10. The highest BCUT2D eigenvalue weighted by molar-refractivity contribution is 7.99. The maximum atomic E-state index is 12.5. The number of nitrogens with one attached hydrogen (secondary N) is 2. The molecule has 0 aliphatic heterocycles. The number of aliphatic imine (C=N–C) groups is 1. The van der Waals surface area contributed by atoms with E-state index >= 15 is 0 Å². The molecule has 0 radical (unpaired) electrons. The van der Waals surface area contributed by atoms with Gasteiger partial charge in [-0.3, -0.25) is 9.79 Å². The molecule has 0 atom stereocenters. The number of carbonyl (C=O) groups is 1. The van der Waals surface area contributed by atoms with Gasteiger partial charge in [-0.1, -0.05) is 18.9 Å². The van der Waals surface area contributed by atoms with E-state index in [0.717, 1.165) is 49.7 Å². The number of hydrogen-bond acceptors (Lipinski definition) is 3. The molecule has 1 saturated carbocycles. The summed E-state index contributed by atoms with van der Waals surface area (Å²) in [7, 11) is 5.44. The minimum absolute atomic E-state index is 0.231. The first kappa shape index (κ1) is 18.9.